The van der Waals surface area contributed by atoms with E-state index in [4.69, 9.17) is 5.73 Å². The quantitative estimate of drug-likeness (QED) is 0.889. The number of halogens is 1. The van der Waals surface area contributed by atoms with Crippen LogP contribution in [0.15, 0.2) is 24.3 Å². The monoisotopic (exact) mass is 278 g/mol. The highest BCUT2D eigenvalue weighted by atomic mass is 19.1. The summed E-state index contributed by atoms with van der Waals surface area (Å²) < 4.78 is 13.2. The van der Waals surface area contributed by atoms with E-state index in [-0.39, 0.29) is 11.9 Å². The van der Waals surface area contributed by atoms with Crippen molar-refractivity contribution >= 4 is 0 Å². The summed E-state index contributed by atoms with van der Waals surface area (Å²) in [7, 11) is 0. The van der Waals surface area contributed by atoms with Gasteiger partial charge in [0.25, 0.3) is 0 Å². The molecule has 112 valence electrons. The van der Waals surface area contributed by atoms with E-state index in [1.54, 1.807) is 12.1 Å². The molecule has 0 bridgehead atoms. The van der Waals surface area contributed by atoms with Crippen molar-refractivity contribution in [3.05, 3.63) is 35.6 Å². The summed E-state index contributed by atoms with van der Waals surface area (Å²) in [5.41, 5.74) is 7.13. The molecule has 0 saturated carbocycles. The molecule has 0 radical (unpaired) electrons. The summed E-state index contributed by atoms with van der Waals surface area (Å²) >= 11 is 0. The maximum atomic E-state index is 13.2. The van der Waals surface area contributed by atoms with E-state index >= 15 is 0 Å². The Kier molecular flexibility index (Phi) is 5.99. The molecule has 1 aromatic rings. The van der Waals surface area contributed by atoms with Gasteiger partial charge in [0.05, 0.1) is 0 Å². The molecule has 3 heteroatoms. The first-order valence-electron chi connectivity index (χ1n) is 7.92. The number of hydrogen-bond donors (Lipinski definition) is 1. The lowest BCUT2D eigenvalue weighted by atomic mass is 9.96. The predicted molar refractivity (Wildman–Crippen MR) is 82.0 cm³/mol. The number of likely N-dealkylation sites (tertiary alicyclic amines) is 1. The van der Waals surface area contributed by atoms with Gasteiger partial charge in [0.2, 0.25) is 0 Å². The van der Waals surface area contributed by atoms with E-state index in [0.717, 1.165) is 31.1 Å². The van der Waals surface area contributed by atoms with Gasteiger partial charge >= 0.3 is 0 Å². The van der Waals surface area contributed by atoms with Gasteiger partial charge in [-0.2, -0.15) is 0 Å². The van der Waals surface area contributed by atoms with Crippen molar-refractivity contribution in [3.8, 4) is 0 Å². The summed E-state index contributed by atoms with van der Waals surface area (Å²) in [6.07, 6.45) is 6.53. The average Bonchev–Trinajstić information content (AvgIpc) is 2.65. The molecule has 1 heterocycles. The van der Waals surface area contributed by atoms with Gasteiger partial charge in [0, 0.05) is 12.6 Å². The second-order valence-corrected chi connectivity index (χ2v) is 6.05. The normalized spacial score (nSPS) is 22.4. The van der Waals surface area contributed by atoms with E-state index in [9.17, 15) is 4.39 Å². The Morgan fingerprint density at radius 3 is 2.95 bits per heavy atom. The summed E-state index contributed by atoms with van der Waals surface area (Å²) in [6.45, 7) is 5.36. The van der Waals surface area contributed by atoms with Gasteiger partial charge in [0.15, 0.2) is 0 Å². The van der Waals surface area contributed by atoms with Crippen LogP contribution in [0.4, 0.5) is 4.39 Å². The number of nitrogens with two attached hydrogens (primary N) is 1. The van der Waals surface area contributed by atoms with Crippen molar-refractivity contribution in [3.63, 3.8) is 0 Å². The predicted octanol–water partition coefficient (Wildman–Crippen LogP) is 3.73. The third-order valence-corrected chi connectivity index (χ3v) is 4.37. The van der Waals surface area contributed by atoms with E-state index in [1.165, 1.54) is 38.2 Å². The molecule has 1 aliphatic heterocycles. The maximum Gasteiger partial charge on any atom is 0.123 e. The Labute approximate surface area is 122 Å². The lowest BCUT2D eigenvalue weighted by Crippen LogP contribution is -2.33. The van der Waals surface area contributed by atoms with Crippen LogP contribution in [0.5, 0.6) is 0 Å². The van der Waals surface area contributed by atoms with Gasteiger partial charge in [0.1, 0.15) is 5.82 Å². The molecule has 1 saturated heterocycles. The molecule has 1 fully saturated rings. The lowest BCUT2D eigenvalue weighted by molar-refractivity contribution is 0.262. The van der Waals surface area contributed by atoms with E-state index in [1.807, 2.05) is 6.07 Å². The Morgan fingerprint density at radius 1 is 1.35 bits per heavy atom. The highest BCUT2D eigenvalue weighted by Gasteiger charge is 2.18. The van der Waals surface area contributed by atoms with Crippen LogP contribution >= 0.6 is 0 Å². The Bertz CT molecular complexity index is 408. The first-order chi connectivity index (χ1) is 9.69. The third-order valence-electron chi connectivity index (χ3n) is 4.37. The van der Waals surface area contributed by atoms with Crippen molar-refractivity contribution in [2.45, 2.75) is 45.1 Å². The zero-order valence-corrected chi connectivity index (χ0v) is 12.5. The third kappa shape index (κ3) is 4.57. The van der Waals surface area contributed by atoms with Crippen LogP contribution in [0.2, 0.25) is 0 Å². The molecule has 1 aliphatic rings. The van der Waals surface area contributed by atoms with Crippen molar-refractivity contribution in [1.82, 2.24) is 4.90 Å². The molecule has 1 aromatic carbocycles. The summed E-state index contributed by atoms with van der Waals surface area (Å²) in [5.74, 6) is 0.687. The first-order valence-corrected chi connectivity index (χ1v) is 7.92. The van der Waals surface area contributed by atoms with Crippen LogP contribution in [0.3, 0.4) is 0 Å². The van der Waals surface area contributed by atoms with Crippen LogP contribution in [-0.2, 0) is 0 Å². The second-order valence-electron chi connectivity index (χ2n) is 6.05. The largest absolute Gasteiger partial charge is 0.323 e. The van der Waals surface area contributed by atoms with Gasteiger partial charge in [-0.25, -0.2) is 4.39 Å². The standard InChI is InChI=1S/C17H27FN2/c1-2-5-14-6-4-10-20(11-9-14)13-17(19)15-7-3-8-16(18)12-15/h3,7-8,12,14,17H,2,4-6,9-11,13,19H2,1H3. The molecule has 2 nitrogen and oxygen atoms in total. The molecule has 2 atom stereocenters. The first kappa shape index (κ1) is 15.5. The molecule has 0 aromatic heterocycles. The number of hydrogen-bond acceptors (Lipinski definition) is 2. The fourth-order valence-electron chi connectivity index (χ4n) is 3.23. The molecule has 0 amide bonds. The molecule has 2 unspecified atom stereocenters. The summed E-state index contributed by atoms with van der Waals surface area (Å²) in [6, 6.07) is 6.60. The maximum absolute atomic E-state index is 13.2. The molecule has 2 rings (SSSR count). The van der Waals surface area contributed by atoms with E-state index in [0.29, 0.717) is 0 Å². The highest BCUT2D eigenvalue weighted by molar-refractivity contribution is 5.20. The Hall–Kier alpha value is -0.930. The van der Waals surface area contributed by atoms with E-state index in [2.05, 4.69) is 11.8 Å². The van der Waals surface area contributed by atoms with E-state index < -0.39 is 0 Å². The molecular formula is C17H27FN2. The van der Waals surface area contributed by atoms with Gasteiger partial charge in [-0.15, -0.1) is 0 Å². The topological polar surface area (TPSA) is 29.3 Å². The summed E-state index contributed by atoms with van der Waals surface area (Å²) in [5, 5.41) is 0. The van der Waals surface area contributed by atoms with Gasteiger partial charge in [-0.3, -0.25) is 0 Å². The van der Waals surface area contributed by atoms with Crippen molar-refractivity contribution in [2.24, 2.45) is 11.7 Å². The fraction of sp³-hybridized carbons (Fsp3) is 0.647. The van der Waals surface area contributed by atoms with Crippen LogP contribution in [-0.4, -0.2) is 24.5 Å². The summed E-state index contributed by atoms with van der Waals surface area (Å²) in [4.78, 5) is 2.45. The Balaban J connectivity index is 1.86. The minimum atomic E-state index is -0.197. The van der Waals surface area contributed by atoms with Crippen LogP contribution in [0.25, 0.3) is 0 Å². The average molecular weight is 278 g/mol. The number of benzene rings is 1. The zero-order chi connectivity index (χ0) is 14.4. The zero-order valence-electron chi connectivity index (χ0n) is 12.5. The van der Waals surface area contributed by atoms with Gasteiger partial charge in [-0.05, 0) is 56.0 Å². The van der Waals surface area contributed by atoms with Crippen LogP contribution in [0, 0.1) is 11.7 Å². The second kappa shape index (κ2) is 7.75. The minimum Gasteiger partial charge on any atom is -0.323 e. The van der Waals surface area contributed by atoms with Crippen LogP contribution < -0.4 is 5.73 Å². The fourth-order valence-corrected chi connectivity index (χ4v) is 3.23. The van der Waals surface area contributed by atoms with Crippen molar-refractivity contribution in [2.75, 3.05) is 19.6 Å². The van der Waals surface area contributed by atoms with Crippen LogP contribution in [0.1, 0.15) is 50.6 Å². The van der Waals surface area contributed by atoms with Crippen molar-refractivity contribution < 1.29 is 4.39 Å². The number of nitrogens with zero attached hydrogens (tertiary/aromatic N) is 1. The molecule has 0 aliphatic carbocycles. The molecule has 20 heavy (non-hydrogen) atoms. The molecule has 2 N–H and O–H groups in total. The molecular weight excluding hydrogens is 251 g/mol. The smallest absolute Gasteiger partial charge is 0.123 e. The minimum absolute atomic E-state index is 0.0894. The van der Waals surface area contributed by atoms with Crippen molar-refractivity contribution in [1.29, 1.82) is 0 Å². The highest BCUT2D eigenvalue weighted by Crippen LogP contribution is 2.23. The molecule has 0 spiro atoms. The van der Waals surface area contributed by atoms with Gasteiger partial charge < -0.3 is 10.6 Å². The number of rotatable bonds is 5. The SMILES string of the molecule is CCCC1CCCN(CC(N)c2cccc(F)c2)CC1. The Morgan fingerprint density at radius 2 is 2.20 bits per heavy atom. The van der Waals surface area contributed by atoms with Gasteiger partial charge in [-0.1, -0.05) is 31.9 Å². The lowest BCUT2D eigenvalue weighted by Gasteiger charge is -2.24.